The molecule has 0 bridgehead atoms. The van der Waals surface area contributed by atoms with E-state index >= 15 is 0 Å². The van der Waals surface area contributed by atoms with Gasteiger partial charge in [-0.3, -0.25) is 9.59 Å². The molecule has 1 aliphatic heterocycles. The van der Waals surface area contributed by atoms with Crippen molar-refractivity contribution in [2.24, 2.45) is 17.3 Å². The first-order valence-electron chi connectivity index (χ1n) is 7.61. The van der Waals surface area contributed by atoms with Crippen LogP contribution in [0.2, 0.25) is 0 Å². The Labute approximate surface area is 131 Å². The van der Waals surface area contributed by atoms with E-state index < -0.39 is 5.92 Å². The van der Waals surface area contributed by atoms with Gasteiger partial charge in [0.05, 0.1) is 6.61 Å². The van der Waals surface area contributed by atoms with Gasteiger partial charge in [0, 0.05) is 24.7 Å². The van der Waals surface area contributed by atoms with Crippen molar-refractivity contribution in [2.45, 2.75) is 20.8 Å². The standard InChI is InChI=1S/C17H24N2O3/c1-17(2,3)13-11-18-15(21)14(13)16(22)19(9-10-20)12-7-5-4-6-8-12/h4-8,13-14,20H,9-11H2,1-3H3,(H,18,21). The summed E-state index contributed by atoms with van der Waals surface area (Å²) in [4.78, 5) is 26.7. The van der Waals surface area contributed by atoms with Crippen LogP contribution in [0.5, 0.6) is 0 Å². The van der Waals surface area contributed by atoms with Crippen molar-refractivity contribution in [3.8, 4) is 0 Å². The van der Waals surface area contributed by atoms with Crippen molar-refractivity contribution in [2.75, 3.05) is 24.6 Å². The zero-order valence-electron chi connectivity index (χ0n) is 13.4. The Morgan fingerprint density at radius 2 is 1.95 bits per heavy atom. The Morgan fingerprint density at radius 1 is 1.32 bits per heavy atom. The number of amides is 2. The summed E-state index contributed by atoms with van der Waals surface area (Å²) in [5, 5.41) is 12.1. The fraction of sp³-hybridized carbons (Fsp3) is 0.529. The second-order valence-electron chi connectivity index (χ2n) is 6.74. The van der Waals surface area contributed by atoms with Gasteiger partial charge in [0.15, 0.2) is 0 Å². The van der Waals surface area contributed by atoms with Crippen LogP contribution >= 0.6 is 0 Å². The number of aliphatic hydroxyl groups excluding tert-OH is 1. The number of anilines is 1. The molecule has 0 saturated carbocycles. The molecule has 2 atom stereocenters. The molecule has 2 amide bonds. The lowest BCUT2D eigenvalue weighted by Gasteiger charge is -2.32. The maximum atomic E-state index is 13.0. The lowest BCUT2D eigenvalue weighted by Crippen LogP contribution is -2.45. The molecule has 2 unspecified atom stereocenters. The molecule has 0 aliphatic carbocycles. The molecular weight excluding hydrogens is 280 g/mol. The van der Waals surface area contributed by atoms with Gasteiger partial charge in [0.1, 0.15) is 5.92 Å². The van der Waals surface area contributed by atoms with E-state index in [1.807, 2.05) is 51.1 Å². The highest BCUT2D eigenvalue weighted by Gasteiger charge is 2.47. The minimum absolute atomic E-state index is 0.0580. The first-order chi connectivity index (χ1) is 10.4. The topological polar surface area (TPSA) is 69.6 Å². The summed E-state index contributed by atoms with van der Waals surface area (Å²) in [6, 6.07) is 9.16. The number of aliphatic hydroxyl groups is 1. The zero-order chi connectivity index (χ0) is 16.3. The molecule has 1 heterocycles. The number of rotatable bonds is 4. The highest BCUT2D eigenvalue weighted by molar-refractivity contribution is 6.09. The Balaban J connectivity index is 2.31. The number of nitrogens with zero attached hydrogens (tertiary/aromatic N) is 1. The van der Waals surface area contributed by atoms with Crippen LogP contribution in [0.3, 0.4) is 0 Å². The van der Waals surface area contributed by atoms with Crippen molar-refractivity contribution in [3.05, 3.63) is 30.3 Å². The van der Waals surface area contributed by atoms with Crippen molar-refractivity contribution >= 4 is 17.5 Å². The van der Waals surface area contributed by atoms with E-state index in [2.05, 4.69) is 5.32 Å². The normalized spacial score (nSPS) is 21.5. The Morgan fingerprint density at radius 3 is 2.50 bits per heavy atom. The van der Waals surface area contributed by atoms with Gasteiger partial charge in [-0.2, -0.15) is 0 Å². The number of hydrogen-bond acceptors (Lipinski definition) is 3. The molecule has 0 aromatic heterocycles. The largest absolute Gasteiger partial charge is 0.395 e. The molecule has 0 radical (unpaired) electrons. The van der Waals surface area contributed by atoms with Crippen LogP contribution in [0.15, 0.2) is 30.3 Å². The van der Waals surface area contributed by atoms with Crippen LogP contribution in [0.4, 0.5) is 5.69 Å². The zero-order valence-corrected chi connectivity index (χ0v) is 13.4. The number of carbonyl (C=O) groups is 2. The quantitative estimate of drug-likeness (QED) is 0.827. The fourth-order valence-electron chi connectivity index (χ4n) is 2.95. The Bertz CT molecular complexity index is 537. The summed E-state index contributed by atoms with van der Waals surface area (Å²) in [7, 11) is 0. The second kappa shape index (κ2) is 6.48. The molecule has 1 saturated heterocycles. The third-order valence-corrected chi connectivity index (χ3v) is 4.22. The van der Waals surface area contributed by atoms with Crippen LogP contribution in [0.25, 0.3) is 0 Å². The first kappa shape index (κ1) is 16.5. The number of benzene rings is 1. The summed E-state index contributed by atoms with van der Waals surface area (Å²) in [5.74, 6) is -1.22. The molecular formula is C17H24N2O3. The number of carbonyl (C=O) groups excluding carboxylic acids is 2. The van der Waals surface area contributed by atoms with E-state index in [9.17, 15) is 14.7 Å². The average Bonchev–Trinajstić information content (AvgIpc) is 2.87. The van der Waals surface area contributed by atoms with Crippen LogP contribution < -0.4 is 10.2 Å². The minimum Gasteiger partial charge on any atom is -0.395 e. The van der Waals surface area contributed by atoms with Crippen molar-refractivity contribution in [1.29, 1.82) is 0 Å². The van der Waals surface area contributed by atoms with Crippen molar-refractivity contribution in [3.63, 3.8) is 0 Å². The monoisotopic (exact) mass is 304 g/mol. The molecule has 5 heteroatoms. The molecule has 0 spiro atoms. The highest BCUT2D eigenvalue weighted by atomic mass is 16.3. The van der Waals surface area contributed by atoms with Gasteiger partial charge in [-0.05, 0) is 17.5 Å². The van der Waals surface area contributed by atoms with Crippen LogP contribution in [-0.2, 0) is 9.59 Å². The maximum absolute atomic E-state index is 13.0. The predicted molar refractivity (Wildman–Crippen MR) is 85.3 cm³/mol. The van der Waals surface area contributed by atoms with Gasteiger partial charge in [0.2, 0.25) is 11.8 Å². The first-order valence-corrected chi connectivity index (χ1v) is 7.61. The van der Waals surface area contributed by atoms with Crippen molar-refractivity contribution in [1.82, 2.24) is 5.32 Å². The second-order valence-corrected chi connectivity index (χ2v) is 6.74. The van der Waals surface area contributed by atoms with Gasteiger partial charge in [-0.25, -0.2) is 0 Å². The van der Waals surface area contributed by atoms with E-state index in [4.69, 9.17) is 0 Å². The van der Waals surface area contributed by atoms with Gasteiger partial charge in [-0.1, -0.05) is 39.0 Å². The molecule has 2 rings (SSSR count). The van der Waals surface area contributed by atoms with Gasteiger partial charge in [0.25, 0.3) is 0 Å². The third-order valence-electron chi connectivity index (χ3n) is 4.22. The van der Waals surface area contributed by atoms with Crippen LogP contribution in [0, 0.1) is 17.3 Å². The van der Waals surface area contributed by atoms with Gasteiger partial charge in [-0.15, -0.1) is 0 Å². The number of hydrogen-bond donors (Lipinski definition) is 2. The lowest BCUT2D eigenvalue weighted by atomic mass is 9.74. The minimum atomic E-state index is -0.702. The van der Waals surface area contributed by atoms with Gasteiger partial charge < -0.3 is 15.3 Å². The molecule has 1 aliphatic rings. The Kier molecular flexibility index (Phi) is 4.86. The summed E-state index contributed by atoms with van der Waals surface area (Å²) in [6.45, 7) is 6.67. The highest BCUT2D eigenvalue weighted by Crippen LogP contribution is 2.36. The summed E-state index contributed by atoms with van der Waals surface area (Å²) < 4.78 is 0. The summed E-state index contributed by atoms with van der Waals surface area (Å²) in [6.07, 6.45) is 0. The smallest absolute Gasteiger partial charge is 0.240 e. The predicted octanol–water partition coefficient (Wildman–Crippen LogP) is 1.42. The molecule has 1 aromatic rings. The van der Waals surface area contributed by atoms with Crippen LogP contribution in [-0.4, -0.2) is 36.6 Å². The number of para-hydroxylation sites is 1. The van der Waals surface area contributed by atoms with E-state index in [1.54, 1.807) is 0 Å². The molecule has 1 fully saturated rings. The van der Waals surface area contributed by atoms with E-state index in [0.717, 1.165) is 0 Å². The number of nitrogens with one attached hydrogen (secondary N) is 1. The molecule has 2 N–H and O–H groups in total. The van der Waals surface area contributed by atoms with Gasteiger partial charge >= 0.3 is 0 Å². The van der Waals surface area contributed by atoms with Crippen molar-refractivity contribution < 1.29 is 14.7 Å². The maximum Gasteiger partial charge on any atom is 0.240 e. The SMILES string of the molecule is CC(C)(C)C1CNC(=O)C1C(=O)N(CCO)c1ccccc1. The average molecular weight is 304 g/mol. The lowest BCUT2D eigenvalue weighted by molar-refractivity contribution is -0.133. The van der Waals surface area contributed by atoms with Crippen LogP contribution in [0.1, 0.15) is 20.8 Å². The summed E-state index contributed by atoms with van der Waals surface area (Å²) >= 11 is 0. The van der Waals surface area contributed by atoms with E-state index in [1.165, 1.54) is 4.90 Å². The Hall–Kier alpha value is -1.88. The molecule has 22 heavy (non-hydrogen) atoms. The van der Waals surface area contributed by atoms with E-state index in [0.29, 0.717) is 12.2 Å². The molecule has 1 aromatic carbocycles. The third kappa shape index (κ3) is 3.30. The molecule has 120 valence electrons. The fourth-order valence-corrected chi connectivity index (χ4v) is 2.95. The van der Waals surface area contributed by atoms with E-state index in [-0.39, 0.29) is 36.3 Å². The molecule has 5 nitrogen and oxygen atoms in total. The summed E-state index contributed by atoms with van der Waals surface area (Å²) in [5.41, 5.74) is 0.551.